The van der Waals surface area contributed by atoms with Gasteiger partial charge in [-0.3, -0.25) is 14.5 Å². The lowest BCUT2D eigenvalue weighted by Gasteiger charge is -2.24. The van der Waals surface area contributed by atoms with Crippen LogP contribution in [0.1, 0.15) is 56.3 Å². The molecular weight excluding hydrogens is 438 g/mol. The van der Waals surface area contributed by atoms with E-state index in [2.05, 4.69) is 71.2 Å². The summed E-state index contributed by atoms with van der Waals surface area (Å²) in [7, 11) is 0. The number of aromatic nitrogens is 3. The number of amidine groups is 1. The zero-order valence-corrected chi connectivity index (χ0v) is 21.2. The molecule has 0 saturated heterocycles. The van der Waals surface area contributed by atoms with Gasteiger partial charge >= 0.3 is 0 Å². The molecule has 0 fully saturated rings. The molecule has 2 aromatic rings. The van der Waals surface area contributed by atoms with E-state index in [0.717, 1.165) is 62.4 Å². The fraction of sp³-hybridized carbons (Fsp3) is 0.519. The van der Waals surface area contributed by atoms with E-state index < -0.39 is 0 Å². The topological polar surface area (TPSA) is 99.1 Å². The predicted molar refractivity (Wildman–Crippen MR) is 142 cm³/mol. The number of allylic oxidation sites excluding steroid dienone is 3. The lowest BCUT2D eigenvalue weighted by Crippen LogP contribution is -2.35. The van der Waals surface area contributed by atoms with Crippen molar-refractivity contribution in [2.24, 2.45) is 16.8 Å². The van der Waals surface area contributed by atoms with Crippen LogP contribution in [0.25, 0.3) is 0 Å². The summed E-state index contributed by atoms with van der Waals surface area (Å²) in [5.74, 6) is 1.68. The Morgan fingerprint density at radius 3 is 2.86 bits per heavy atom. The zero-order valence-electron chi connectivity index (χ0n) is 21.2. The molecule has 2 atom stereocenters. The minimum absolute atomic E-state index is 0.0677. The van der Waals surface area contributed by atoms with E-state index in [0.29, 0.717) is 29.7 Å². The average molecular weight is 478 g/mol. The Bertz CT molecular complexity index is 1120. The van der Waals surface area contributed by atoms with Crippen LogP contribution >= 0.6 is 0 Å². The van der Waals surface area contributed by atoms with Gasteiger partial charge in [-0.1, -0.05) is 32.9 Å². The molecule has 3 heterocycles. The first-order chi connectivity index (χ1) is 17.0. The number of hydrogen-bond donors (Lipinski definition) is 4. The highest BCUT2D eigenvalue weighted by Crippen LogP contribution is 2.28. The largest absolute Gasteiger partial charge is 0.340 e. The number of aromatic amines is 1. The standard InChI is InChI=1S/C27H39N7O/c1-4-28-13-14-29-11-9-20-5-7-23(8-6-20)32-26-25-21(10-12-30-27(25)35)15-24(33-26)22-16-31-34(18-22)17-19(2)3/h5,7-8,10,12,16,18-20,24,28-29H,4,6,9,11,13-15,17H2,1-3H3,(H,30,35)(H,32,33). The number of fused-ring (bicyclic) bond motifs is 1. The smallest absolute Gasteiger partial charge is 0.259 e. The molecule has 2 unspecified atom stereocenters. The molecule has 0 aromatic carbocycles. The summed E-state index contributed by atoms with van der Waals surface area (Å²) in [5, 5.41) is 14.8. The van der Waals surface area contributed by atoms with Gasteiger partial charge in [0.1, 0.15) is 5.84 Å². The predicted octanol–water partition coefficient (Wildman–Crippen LogP) is 2.91. The van der Waals surface area contributed by atoms with E-state index in [1.165, 1.54) is 0 Å². The van der Waals surface area contributed by atoms with Crippen molar-refractivity contribution in [3.05, 3.63) is 75.6 Å². The summed E-state index contributed by atoms with van der Waals surface area (Å²) in [6, 6.07) is 1.92. The molecule has 1 aliphatic carbocycles. The number of nitrogens with zero attached hydrogens (tertiary/aromatic N) is 3. The molecule has 188 valence electrons. The maximum atomic E-state index is 12.7. The van der Waals surface area contributed by atoms with Crippen LogP contribution in [0.2, 0.25) is 0 Å². The highest BCUT2D eigenvalue weighted by Gasteiger charge is 2.26. The van der Waals surface area contributed by atoms with Crippen LogP contribution in [0.3, 0.4) is 0 Å². The highest BCUT2D eigenvalue weighted by molar-refractivity contribution is 6.01. The molecule has 35 heavy (non-hydrogen) atoms. The summed E-state index contributed by atoms with van der Waals surface area (Å²) in [6.07, 6.45) is 15.1. The third-order valence-corrected chi connectivity index (χ3v) is 6.44. The minimum atomic E-state index is -0.107. The molecule has 2 aliphatic rings. The van der Waals surface area contributed by atoms with Crippen LogP contribution in [0, 0.1) is 11.8 Å². The first kappa shape index (κ1) is 25.1. The van der Waals surface area contributed by atoms with Crippen LogP contribution < -0.4 is 21.5 Å². The fourth-order valence-electron chi connectivity index (χ4n) is 4.61. The second-order valence-electron chi connectivity index (χ2n) is 9.83. The van der Waals surface area contributed by atoms with Crippen LogP contribution in [0.15, 0.2) is 58.4 Å². The van der Waals surface area contributed by atoms with Gasteiger partial charge < -0.3 is 20.9 Å². The summed E-state index contributed by atoms with van der Waals surface area (Å²) >= 11 is 0. The number of nitrogens with one attached hydrogen (secondary N) is 4. The fourth-order valence-corrected chi connectivity index (χ4v) is 4.61. The number of likely N-dealkylation sites (N-methyl/N-ethyl adjacent to an activating group) is 1. The molecule has 0 saturated carbocycles. The van der Waals surface area contributed by atoms with Gasteiger partial charge in [-0.05, 0) is 55.5 Å². The van der Waals surface area contributed by atoms with Crippen LogP contribution in [-0.2, 0) is 13.0 Å². The van der Waals surface area contributed by atoms with Gasteiger partial charge in [0.05, 0.1) is 17.8 Å². The number of hydrogen-bond acceptors (Lipinski definition) is 6. The van der Waals surface area contributed by atoms with Crippen LogP contribution in [0.4, 0.5) is 0 Å². The first-order valence-electron chi connectivity index (χ1n) is 12.9. The monoisotopic (exact) mass is 477 g/mol. The van der Waals surface area contributed by atoms with Crippen LogP contribution in [-0.4, -0.2) is 46.8 Å². The summed E-state index contributed by atoms with van der Waals surface area (Å²) in [6.45, 7) is 11.4. The van der Waals surface area contributed by atoms with Crippen LogP contribution in [0.5, 0.6) is 0 Å². The molecule has 1 aliphatic heterocycles. The maximum Gasteiger partial charge on any atom is 0.259 e. The van der Waals surface area contributed by atoms with Gasteiger partial charge in [0, 0.05) is 49.7 Å². The lowest BCUT2D eigenvalue weighted by molar-refractivity contribution is 0.482. The molecule has 8 heteroatoms. The minimum Gasteiger partial charge on any atom is -0.340 e. The quantitative estimate of drug-likeness (QED) is 0.373. The molecular formula is C27H39N7O. The van der Waals surface area contributed by atoms with Gasteiger partial charge in [0.2, 0.25) is 0 Å². The van der Waals surface area contributed by atoms with Crippen molar-refractivity contribution in [3.8, 4) is 0 Å². The molecule has 8 nitrogen and oxygen atoms in total. The zero-order chi connectivity index (χ0) is 24.6. The van der Waals surface area contributed by atoms with Crippen molar-refractivity contribution < 1.29 is 0 Å². The van der Waals surface area contributed by atoms with Crippen molar-refractivity contribution in [2.45, 2.75) is 52.6 Å². The SMILES string of the molecule is CCNCCNCCC1C=CC(NC2=NC(c3cnn(CC(C)C)c3)Cc3cc[nH]c(=O)c32)=CC1. The Labute approximate surface area is 208 Å². The third kappa shape index (κ3) is 6.80. The maximum absolute atomic E-state index is 12.7. The normalized spacial score (nSPS) is 19.4. The second kappa shape index (κ2) is 12.1. The third-order valence-electron chi connectivity index (χ3n) is 6.44. The van der Waals surface area contributed by atoms with Crippen molar-refractivity contribution >= 4 is 5.84 Å². The first-order valence-corrected chi connectivity index (χ1v) is 12.9. The number of rotatable bonds is 11. The van der Waals surface area contributed by atoms with Gasteiger partial charge in [-0.25, -0.2) is 0 Å². The van der Waals surface area contributed by atoms with E-state index in [1.807, 2.05) is 16.9 Å². The molecule has 4 N–H and O–H groups in total. The highest BCUT2D eigenvalue weighted by atomic mass is 16.1. The Balaban J connectivity index is 1.43. The second-order valence-corrected chi connectivity index (χ2v) is 9.83. The summed E-state index contributed by atoms with van der Waals surface area (Å²) < 4.78 is 1.98. The Morgan fingerprint density at radius 1 is 1.23 bits per heavy atom. The molecule has 0 spiro atoms. The van der Waals surface area contributed by atoms with E-state index in [-0.39, 0.29) is 11.6 Å². The van der Waals surface area contributed by atoms with Crippen molar-refractivity contribution in [1.29, 1.82) is 0 Å². The summed E-state index contributed by atoms with van der Waals surface area (Å²) in [4.78, 5) is 20.5. The Kier molecular flexibility index (Phi) is 8.71. The van der Waals surface area contributed by atoms with Crippen molar-refractivity contribution in [1.82, 2.24) is 30.7 Å². The Morgan fingerprint density at radius 2 is 2.09 bits per heavy atom. The van der Waals surface area contributed by atoms with E-state index >= 15 is 0 Å². The van der Waals surface area contributed by atoms with E-state index in [9.17, 15) is 4.79 Å². The molecule has 2 aromatic heterocycles. The van der Waals surface area contributed by atoms with Gasteiger partial charge in [-0.15, -0.1) is 0 Å². The lowest BCUT2D eigenvalue weighted by atomic mass is 9.94. The van der Waals surface area contributed by atoms with Crippen molar-refractivity contribution in [2.75, 3.05) is 26.2 Å². The summed E-state index contributed by atoms with van der Waals surface area (Å²) in [5.41, 5.74) is 3.61. The number of aliphatic imine (C=N–C) groups is 1. The molecule has 0 bridgehead atoms. The molecule has 4 rings (SSSR count). The number of pyridine rings is 1. The van der Waals surface area contributed by atoms with Gasteiger partial charge in [0.15, 0.2) is 0 Å². The molecule has 0 radical (unpaired) electrons. The van der Waals surface area contributed by atoms with E-state index in [4.69, 9.17) is 4.99 Å². The van der Waals surface area contributed by atoms with Gasteiger partial charge in [-0.2, -0.15) is 5.10 Å². The number of H-pyrrole nitrogens is 1. The average Bonchev–Trinajstić information content (AvgIpc) is 3.30. The van der Waals surface area contributed by atoms with E-state index in [1.54, 1.807) is 6.20 Å². The Hall–Kier alpha value is -2.97. The van der Waals surface area contributed by atoms with Gasteiger partial charge in [0.25, 0.3) is 5.56 Å². The molecule has 0 amide bonds. The van der Waals surface area contributed by atoms with Crippen molar-refractivity contribution in [3.63, 3.8) is 0 Å².